The van der Waals surface area contributed by atoms with Crippen molar-refractivity contribution in [1.82, 2.24) is 0 Å². The van der Waals surface area contributed by atoms with Crippen LogP contribution >= 0.6 is 0 Å². The number of aliphatic hydroxyl groups excluding tert-OH is 1. The average Bonchev–Trinajstić information content (AvgIpc) is 2.98. The van der Waals surface area contributed by atoms with E-state index in [1.165, 1.54) is 0 Å². The number of rotatable bonds is 4. The van der Waals surface area contributed by atoms with Gasteiger partial charge in [-0.15, -0.1) is 5.56 Å². The molecule has 0 amide bonds. The van der Waals surface area contributed by atoms with Crippen LogP contribution in [0.5, 0.6) is 0 Å². The van der Waals surface area contributed by atoms with Gasteiger partial charge in [-0.25, -0.2) is 24.3 Å². The van der Waals surface area contributed by atoms with Crippen molar-refractivity contribution in [2.24, 2.45) is 0 Å². The third kappa shape index (κ3) is 7.17. The monoisotopic (exact) mass is 272 g/mol. The zero-order valence-electron chi connectivity index (χ0n) is 10.2. The molecule has 0 saturated carbocycles. The summed E-state index contributed by atoms with van der Waals surface area (Å²) in [7, 11) is 0. The van der Waals surface area contributed by atoms with Crippen molar-refractivity contribution in [2.45, 2.75) is 32.3 Å². The van der Waals surface area contributed by atoms with Crippen molar-refractivity contribution >= 4 is 0 Å². The van der Waals surface area contributed by atoms with Gasteiger partial charge < -0.3 is 5.11 Å². The van der Waals surface area contributed by atoms with Crippen LogP contribution in [0.4, 0.5) is 0 Å². The van der Waals surface area contributed by atoms with Crippen molar-refractivity contribution < 1.29 is 22.2 Å². The van der Waals surface area contributed by atoms with Gasteiger partial charge >= 0.3 is 17.1 Å². The molecule has 2 aromatic carbocycles. The molecule has 94 valence electrons. The maximum Gasteiger partial charge on any atom is 2.00 e. The predicted molar refractivity (Wildman–Crippen MR) is 68.6 cm³/mol. The summed E-state index contributed by atoms with van der Waals surface area (Å²) in [5, 5.41) is 9.54. The standard InChI is InChI=1S/C10H15O.C5H5.Fe/c1-2-3-8-10(11)9-6-4-5-7-9;1-2-4-5-3-1;/h4-7,10-11H,2-3,8H2,1H3;1-5H;/q2*-1;+2. The predicted octanol–water partition coefficient (Wildman–Crippen LogP) is 4.03. The molecule has 2 rings (SSSR count). The summed E-state index contributed by atoms with van der Waals surface area (Å²) in [6, 6.07) is 17.9. The summed E-state index contributed by atoms with van der Waals surface area (Å²) < 4.78 is 0. The van der Waals surface area contributed by atoms with E-state index in [-0.39, 0.29) is 23.2 Å². The van der Waals surface area contributed by atoms with Gasteiger partial charge in [-0.3, -0.25) is 0 Å². The smallest absolute Gasteiger partial charge is 0.391 e. The second-order valence-corrected chi connectivity index (χ2v) is 3.84. The Labute approximate surface area is 115 Å². The quantitative estimate of drug-likeness (QED) is 0.658. The van der Waals surface area contributed by atoms with E-state index in [1.54, 1.807) is 0 Å². The first-order valence-electron chi connectivity index (χ1n) is 5.91. The molecular weight excluding hydrogens is 252 g/mol. The number of unbranched alkanes of at least 4 members (excludes halogenated alkanes) is 1. The minimum Gasteiger partial charge on any atom is -0.391 e. The minimum absolute atomic E-state index is 0. The molecule has 2 heteroatoms. The molecule has 0 spiro atoms. The molecular formula is C15H20FeO. The van der Waals surface area contributed by atoms with Crippen LogP contribution in [0.2, 0.25) is 0 Å². The molecule has 0 aromatic heterocycles. The molecule has 1 unspecified atom stereocenters. The van der Waals surface area contributed by atoms with Gasteiger partial charge in [-0.2, -0.15) is 30.3 Å². The van der Waals surface area contributed by atoms with Gasteiger partial charge in [0.05, 0.1) is 6.10 Å². The fourth-order valence-electron chi connectivity index (χ4n) is 1.50. The molecule has 1 N–H and O–H groups in total. The van der Waals surface area contributed by atoms with Gasteiger partial charge in [-0.05, 0) is 6.42 Å². The van der Waals surface area contributed by atoms with Gasteiger partial charge in [0.2, 0.25) is 0 Å². The van der Waals surface area contributed by atoms with E-state index in [1.807, 2.05) is 54.6 Å². The van der Waals surface area contributed by atoms with Gasteiger partial charge in [0.15, 0.2) is 0 Å². The zero-order chi connectivity index (χ0) is 11.6. The second kappa shape index (κ2) is 10.3. The zero-order valence-corrected chi connectivity index (χ0v) is 11.3. The fraction of sp³-hybridized carbons (Fsp3) is 0.333. The van der Waals surface area contributed by atoms with Crippen molar-refractivity contribution in [1.29, 1.82) is 0 Å². The van der Waals surface area contributed by atoms with E-state index in [0.29, 0.717) is 0 Å². The third-order valence-electron chi connectivity index (χ3n) is 2.46. The summed E-state index contributed by atoms with van der Waals surface area (Å²) in [5.74, 6) is 0. The van der Waals surface area contributed by atoms with Crippen LogP contribution in [0.3, 0.4) is 0 Å². The van der Waals surface area contributed by atoms with Crippen LogP contribution in [0, 0.1) is 0 Å². The number of hydrogen-bond acceptors (Lipinski definition) is 1. The topological polar surface area (TPSA) is 20.2 Å². The summed E-state index contributed by atoms with van der Waals surface area (Å²) in [6.07, 6.45) is 2.90. The van der Waals surface area contributed by atoms with E-state index in [0.717, 1.165) is 24.8 Å². The van der Waals surface area contributed by atoms with Crippen molar-refractivity contribution in [3.8, 4) is 0 Å². The van der Waals surface area contributed by atoms with E-state index < -0.39 is 0 Å². The first-order chi connectivity index (χ1) is 7.84. The Balaban J connectivity index is 0.000000360. The van der Waals surface area contributed by atoms with Crippen LogP contribution in [0.25, 0.3) is 0 Å². The first kappa shape index (κ1) is 16.2. The molecule has 0 aliphatic carbocycles. The van der Waals surface area contributed by atoms with Crippen LogP contribution in [0.15, 0.2) is 54.6 Å². The van der Waals surface area contributed by atoms with Gasteiger partial charge in [0, 0.05) is 0 Å². The molecule has 0 saturated heterocycles. The molecule has 0 aliphatic rings. The summed E-state index contributed by atoms with van der Waals surface area (Å²) in [5.41, 5.74) is 1.05. The summed E-state index contributed by atoms with van der Waals surface area (Å²) >= 11 is 0. The van der Waals surface area contributed by atoms with Crippen LogP contribution in [-0.2, 0) is 17.1 Å². The van der Waals surface area contributed by atoms with E-state index in [4.69, 9.17) is 0 Å². The van der Waals surface area contributed by atoms with Crippen LogP contribution < -0.4 is 0 Å². The minimum atomic E-state index is -0.245. The first-order valence-corrected chi connectivity index (χ1v) is 5.91. The Morgan fingerprint density at radius 1 is 1.18 bits per heavy atom. The molecule has 0 bridgehead atoms. The van der Waals surface area contributed by atoms with Gasteiger partial charge in [0.25, 0.3) is 0 Å². The van der Waals surface area contributed by atoms with Gasteiger partial charge in [-0.1, -0.05) is 19.8 Å². The maximum absolute atomic E-state index is 9.54. The number of hydrogen-bond donors (Lipinski definition) is 1. The van der Waals surface area contributed by atoms with Crippen molar-refractivity contribution in [3.63, 3.8) is 0 Å². The Hall–Kier alpha value is -0.821. The Bertz CT molecular complexity index is 306. The van der Waals surface area contributed by atoms with Crippen molar-refractivity contribution in [2.75, 3.05) is 0 Å². The maximum atomic E-state index is 9.54. The van der Waals surface area contributed by atoms with Gasteiger partial charge in [0.1, 0.15) is 0 Å². The Morgan fingerprint density at radius 2 is 1.88 bits per heavy atom. The molecule has 2 aromatic rings. The average molecular weight is 272 g/mol. The molecule has 0 radical (unpaired) electrons. The Morgan fingerprint density at radius 3 is 2.29 bits per heavy atom. The molecule has 0 aliphatic heterocycles. The second-order valence-electron chi connectivity index (χ2n) is 3.84. The molecule has 0 fully saturated rings. The third-order valence-corrected chi connectivity index (χ3v) is 2.46. The van der Waals surface area contributed by atoms with E-state index >= 15 is 0 Å². The SMILES string of the molecule is CCCCC(O)c1ccc[cH-]1.[Fe+2].c1cc[cH-]c1. The van der Waals surface area contributed by atoms with E-state index in [2.05, 4.69) is 6.92 Å². The molecule has 1 nitrogen and oxygen atoms in total. The molecule has 0 heterocycles. The summed E-state index contributed by atoms with van der Waals surface area (Å²) in [6.45, 7) is 2.14. The summed E-state index contributed by atoms with van der Waals surface area (Å²) in [4.78, 5) is 0. The normalized spacial score (nSPS) is 10.9. The van der Waals surface area contributed by atoms with Crippen LogP contribution in [-0.4, -0.2) is 5.11 Å². The molecule has 17 heavy (non-hydrogen) atoms. The fourth-order valence-corrected chi connectivity index (χ4v) is 1.50. The molecule has 1 atom stereocenters. The van der Waals surface area contributed by atoms with E-state index in [9.17, 15) is 5.11 Å². The van der Waals surface area contributed by atoms with Crippen LogP contribution in [0.1, 0.15) is 37.9 Å². The Kier molecular flexibility index (Phi) is 9.84. The van der Waals surface area contributed by atoms with Crippen molar-refractivity contribution in [3.05, 3.63) is 60.2 Å². The largest absolute Gasteiger partial charge is 2.00 e. The number of aliphatic hydroxyl groups is 1.